The third-order valence-electron chi connectivity index (χ3n) is 3.45. The Bertz CT molecular complexity index is 574. The first kappa shape index (κ1) is 15.7. The molecule has 7 heteroatoms. The number of nitrogens with one attached hydrogen (secondary N) is 1. The van der Waals surface area contributed by atoms with Gasteiger partial charge in [-0.05, 0) is 37.6 Å². The second kappa shape index (κ2) is 6.39. The van der Waals surface area contributed by atoms with E-state index in [9.17, 15) is 12.8 Å². The zero-order valence-corrected chi connectivity index (χ0v) is 12.8. The first-order valence-corrected chi connectivity index (χ1v) is 8.45. The average Bonchev–Trinajstić information content (AvgIpc) is 2.91. The highest BCUT2D eigenvalue weighted by atomic mass is 35.5. The number of sulfonamides is 1. The highest BCUT2D eigenvalue weighted by molar-refractivity contribution is 7.89. The minimum atomic E-state index is -3.77. The highest BCUT2D eigenvalue weighted by Crippen LogP contribution is 2.26. The standard InChI is InChI=1S/C13H18ClFN2O2S/c1-2-17(9-11-4-3-7-16-11)20(18,19)13-8-10(15)5-6-12(13)14/h5-6,8,11,16H,2-4,7,9H2,1H3. The summed E-state index contributed by atoms with van der Waals surface area (Å²) in [7, 11) is -3.77. The van der Waals surface area contributed by atoms with Gasteiger partial charge < -0.3 is 5.32 Å². The molecule has 0 aromatic heterocycles. The molecule has 0 radical (unpaired) electrons. The van der Waals surface area contributed by atoms with Crippen molar-refractivity contribution in [1.82, 2.24) is 9.62 Å². The lowest BCUT2D eigenvalue weighted by atomic mass is 10.2. The van der Waals surface area contributed by atoms with Crippen LogP contribution in [0.5, 0.6) is 0 Å². The Balaban J connectivity index is 2.28. The maximum atomic E-state index is 13.3. The van der Waals surface area contributed by atoms with Crippen molar-refractivity contribution < 1.29 is 12.8 Å². The number of benzene rings is 1. The molecule has 1 aromatic carbocycles. The SMILES string of the molecule is CCN(CC1CCCN1)S(=O)(=O)c1cc(F)ccc1Cl. The molecule has 2 rings (SSSR count). The lowest BCUT2D eigenvalue weighted by Crippen LogP contribution is -2.41. The number of hydrogen-bond acceptors (Lipinski definition) is 3. The van der Waals surface area contributed by atoms with Crippen LogP contribution in [-0.2, 0) is 10.0 Å². The van der Waals surface area contributed by atoms with E-state index in [1.54, 1.807) is 6.92 Å². The fourth-order valence-electron chi connectivity index (χ4n) is 2.37. The van der Waals surface area contributed by atoms with Crippen molar-refractivity contribution in [3.8, 4) is 0 Å². The minimum absolute atomic E-state index is 0.0456. The number of hydrogen-bond donors (Lipinski definition) is 1. The normalized spacial score (nSPS) is 19.7. The Labute approximate surface area is 124 Å². The second-order valence-corrected chi connectivity index (χ2v) is 7.14. The summed E-state index contributed by atoms with van der Waals surface area (Å²) in [4.78, 5) is -0.168. The monoisotopic (exact) mass is 320 g/mol. The maximum Gasteiger partial charge on any atom is 0.244 e. The highest BCUT2D eigenvalue weighted by Gasteiger charge is 2.29. The molecule has 1 N–H and O–H groups in total. The zero-order valence-electron chi connectivity index (χ0n) is 11.3. The predicted molar refractivity (Wildman–Crippen MR) is 76.9 cm³/mol. The smallest absolute Gasteiger partial charge is 0.244 e. The number of likely N-dealkylation sites (N-methyl/N-ethyl adjacent to an activating group) is 1. The Morgan fingerprint density at radius 2 is 2.25 bits per heavy atom. The lowest BCUT2D eigenvalue weighted by molar-refractivity contribution is 0.382. The first-order valence-electron chi connectivity index (χ1n) is 6.63. The third kappa shape index (κ3) is 3.31. The van der Waals surface area contributed by atoms with Crippen LogP contribution in [0.4, 0.5) is 4.39 Å². The number of nitrogens with zero attached hydrogens (tertiary/aromatic N) is 1. The van der Waals surface area contributed by atoms with Gasteiger partial charge in [0.2, 0.25) is 10.0 Å². The van der Waals surface area contributed by atoms with Gasteiger partial charge in [0.1, 0.15) is 10.7 Å². The lowest BCUT2D eigenvalue weighted by Gasteiger charge is -2.24. The summed E-state index contributed by atoms with van der Waals surface area (Å²) in [5.74, 6) is -0.608. The Kier molecular flexibility index (Phi) is 5.01. The molecule has 112 valence electrons. The van der Waals surface area contributed by atoms with Crippen molar-refractivity contribution in [2.45, 2.75) is 30.7 Å². The predicted octanol–water partition coefficient (Wildman–Crippen LogP) is 2.24. The molecule has 1 aliphatic rings. The summed E-state index contributed by atoms with van der Waals surface area (Å²) in [6.45, 7) is 3.38. The molecular weight excluding hydrogens is 303 g/mol. The van der Waals surface area contributed by atoms with E-state index in [1.807, 2.05) is 0 Å². The molecule has 1 heterocycles. The van der Waals surface area contributed by atoms with Crippen LogP contribution in [0.15, 0.2) is 23.1 Å². The molecule has 20 heavy (non-hydrogen) atoms. The summed E-state index contributed by atoms with van der Waals surface area (Å²) in [5, 5.41) is 3.30. The molecule has 1 fully saturated rings. The van der Waals surface area contributed by atoms with Crippen molar-refractivity contribution in [3.63, 3.8) is 0 Å². The molecule has 0 amide bonds. The average molecular weight is 321 g/mol. The molecule has 0 aliphatic carbocycles. The van der Waals surface area contributed by atoms with Gasteiger partial charge in [-0.3, -0.25) is 0 Å². The summed E-state index contributed by atoms with van der Waals surface area (Å²) in [6.07, 6.45) is 1.99. The van der Waals surface area contributed by atoms with Crippen LogP contribution in [0, 0.1) is 5.82 Å². The quantitative estimate of drug-likeness (QED) is 0.905. The molecule has 0 bridgehead atoms. The van der Waals surface area contributed by atoms with Crippen LogP contribution >= 0.6 is 11.6 Å². The molecule has 1 aliphatic heterocycles. The van der Waals surface area contributed by atoms with Gasteiger partial charge in [-0.25, -0.2) is 12.8 Å². The van der Waals surface area contributed by atoms with Crippen molar-refractivity contribution in [3.05, 3.63) is 29.0 Å². The molecule has 0 spiro atoms. The fourth-order valence-corrected chi connectivity index (χ4v) is 4.35. The summed E-state index contributed by atoms with van der Waals surface area (Å²) >= 11 is 5.91. The number of rotatable bonds is 5. The number of halogens is 2. The Hall–Kier alpha value is -0.690. The minimum Gasteiger partial charge on any atom is -0.313 e. The van der Waals surface area contributed by atoms with Gasteiger partial charge in [0, 0.05) is 19.1 Å². The van der Waals surface area contributed by atoms with Gasteiger partial charge in [0.15, 0.2) is 0 Å². The van der Waals surface area contributed by atoms with E-state index in [1.165, 1.54) is 10.4 Å². The van der Waals surface area contributed by atoms with Gasteiger partial charge in [0.25, 0.3) is 0 Å². The third-order valence-corrected chi connectivity index (χ3v) is 5.87. The summed E-state index contributed by atoms with van der Waals surface area (Å²) < 4.78 is 39.8. The van der Waals surface area contributed by atoms with Gasteiger partial charge in [-0.2, -0.15) is 4.31 Å². The van der Waals surface area contributed by atoms with E-state index in [2.05, 4.69) is 5.32 Å². The Morgan fingerprint density at radius 1 is 1.50 bits per heavy atom. The zero-order chi connectivity index (χ0) is 14.8. The fraction of sp³-hybridized carbons (Fsp3) is 0.538. The Morgan fingerprint density at radius 3 is 2.85 bits per heavy atom. The van der Waals surface area contributed by atoms with Gasteiger partial charge in [0.05, 0.1) is 5.02 Å². The van der Waals surface area contributed by atoms with Crippen LogP contribution in [0.1, 0.15) is 19.8 Å². The largest absolute Gasteiger partial charge is 0.313 e. The molecule has 1 aromatic rings. The molecule has 4 nitrogen and oxygen atoms in total. The van der Waals surface area contributed by atoms with Crippen molar-refractivity contribution >= 4 is 21.6 Å². The van der Waals surface area contributed by atoms with E-state index in [-0.39, 0.29) is 16.0 Å². The van der Waals surface area contributed by atoms with Crippen LogP contribution in [-0.4, -0.2) is 38.4 Å². The maximum absolute atomic E-state index is 13.3. The summed E-state index contributed by atoms with van der Waals surface area (Å²) in [6, 6.07) is 3.54. The van der Waals surface area contributed by atoms with Gasteiger partial charge >= 0.3 is 0 Å². The van der Waals surface area contributed by atoms with Crippen LogP contribution < -0.4 is 5.32 Å². The topological polar surface area (TPSA) is 49.4 Å². The molecular formula is C13H18ClFN2O2S. The van der Waals surface area contributed by atoms with E-state index < -0.39 is 15.8 Å². The van der Waals surface area contributed by atoms with Crippen molar-refractivity contribution in [2.24, 2.45) is 0 Å². The van der Waals surface area contributed by atoms with Gasteiger partial charge in [-0.15, -0.1) is 0 Å². The first-order chi connectivity index (χ1) is 9.45. The second-order valence-electron chi connectivity index (χ2n) is 4.82. The summed E-state index contributed by atoms with van der Waals surface area (Å²) in [5.41, 5.74) is 0. The van der Waals surface area contributed by atoms with E-state index in [0.717, 1.165) is 31.5 Å². The van der Waals surface area contributed by atoms with E-state index in [4.69, 9.17) is 11.6 Å². The van der Waals surface area contributed by atoms with Crippen LogP contribution in [0.3, 0.4) is 0 Å². The van der Waals surface area contributed by atoms with E-state index in [0.29, 0.717) is 13.1 Å². The van der Waals surface area contributed by atoms with Gasteiger partial charge in [-0.1, -0.05) is 18.5 Å². The molecule has 0 saturated carbocycles. The van der Waals surface area contributed by atoms with Crippen molar-refractivity contribution in [2.75, 3.05) is 19.6 Å². The van der Waals surface area contributed by atoms with Crippen LogP contribution in [0.25, 0.3) is 0 Å². The van der Waals surface area contributed by atoms with Crippen molar-refractivity contribution in [1.29, 1.82) is 0 Å². The molecule has 1 unspecified atom stereocenters. The molecule has 1 atom stereocenters. The molecule has 1 saturated heterocycles. The van der Waals surface area contributed by atoms with E-state index >= 15 is 0 Å². The van der Waals surface area contributed by atoms with Crippen LogP contribution in [0.2, 0.25) is 5.02 Å².